The third-order valence-corrected chi connectivity index (χ3v) is 3.42. The van der Waals surface area contributed by atoms with Crippen LogP contribution in [0.4, 0.5) is 0 Å². The number of fused-ring (bicyclic) bond motifs is 1. The lowest BCUT2D eigenvalue weighted by atomic mass is 10.0. The molecule has 24 heavy (non-hydrogen) atoms. The number of hydrogen-bond donors (Lipinski definition) is 0. The second-order valence-electron chi connectivity index (χ2n) is 5.08. The molecule has 3 rings (SSSR count). The third-order valence-electron chi connectivity index (χ3n) is 3.42. The molecule has 0 fully saturated rings. The van der Waals surface area contributed by atoms with Crippen LogP contribution in [-0.2, 0) is 4.79 Å². The highest BCUT2D eigenvalue weighted by Gasteiger charge is 2.20. The lowest BCUT2D eigenvalue weighted by Crippen LogP contribution is -2.08. The molecule has 2 aromatic carbocycles. The number of para-hydroxylation sites is 2. The first-order valence-corrected chi connectivity index (χ1v) is 7.28. The number of hydrogen-bond acceptors (Lipinski definition) is 5. The lowest BCUT2D eigenvalue weighted by Gasteiger charge is -2.21. The standard InChI is InChI=1S/C19H16O5/c1-12-15-9-8-14(23-13(2)20)10-18(15)22-11-19(12)24-17-7-5-4-6-16(17)21-3/h4-11H,1H2,2-3H3. The Balaban J connectivity index is 1.85. The van der Waals surface area contributed by atoms with Crippen LogP contribution >= 0.6 is 0 Å². The molecule has 0 spiro atoms. The van der Waals surface area contributed by atoms with Crippen LogP contribution in [0, 0.1) is 0 Å². The van der Waals surface area contributed by atoms with E-state index in [2.05, 4.69) is 6.58 Å². The van der Waals surface area contributed by atoms with Crippen molar-refractivity contribution in [2.45, 2.75) is 6.92 Å². The van der Waals surface area contributed by atoms with Gasteiger partial charge in [0, 0.05) is 24.1 Å². The third kappa shape index (κ3) is 3.10. The summed E-state index contributed by atoms with van der Waals surface area (Å²) >= 11 is 0. The van der Waals surface area contributed by atoms with Crippen molar-refractivity contribution in [2.75, 3.05) is 7.11 Å². The molecule has 0 unspecified atom stereocenters. The van der Waals surface area contributed by atoms with E-state index in [1.54, 1.807) is 31.4 Å². The average Bonchev–Trinajstić information content (AvgIpc) is 2.57. The molecular formula is C19H16O5. The molecule has 0 amide bonds. The summed E-state index contributed by atoms with van der Waals surface area (Å²) in [4.78, 5) is 11.0. The minimum absolute atomic E-state index is 0.389. The second-order valence-corrected chi connectivity index (χ2v) is 5.08. The van der Waals surface area contributed by atoms with Crippen molar-refractivity contribution in [2.24, 2.45) is 0 Å². The fraction of sp³-hybridized carbons (Fsp3) is 0.105. The van der Waals surface area contributed by atoms with E-state index in [4.69, 9.17) is 18.9 Å². The van der Waals surface area contributed by atoms with Gasteiger partial charge in [0.05, 0.1) is 7.11 Å². The Morgan fingerprint density at radius 3 is 2.58 bits per heavy atom. The van der Waals surface area contributed by atoms with Crippen molar-refractivity contribution in [1.82, 2.24) is 0 Å². The molecule has 0 bridgehead atoms. The van der Waals surface area contributed by atoms with Crippen molar-refractivity contribution in [1.29, 1.82) is 0 Å². The number of carbonyl (C=O) groups excluding carboxylic acids is 1. The number of benzene rings is 2. The number of esters is 1. The molecule has 0 N–H and O–H groups in total. The minimum atomic E-state index is -0.389. The zero-order valence-corrected chi connectivity index (χ0v) is 13.4. The van der Waals surface area contributed by atoms with Gasteiger partial charge in [0.1, 0.15) is 17.8 Å². The summed E-state index contributed by atoms with van der Waals surface area (Å²) in [6, 6.07) is 12.4. The van der Waals surface area contributed by atoms with Gasteiger partial charge in [-0.05, 0) is 24.3 Å². The normalized spacial score (nSPS) is 12.6. The number of rotatable bonds is 4. The molecule has 5 heteroatoms. The van der Waals surface area contributed by atoms with E-state index in [1.807, 2.05) is 18.2 Å². The molecule has 1 heterocycles. The van der Waals surface area contributed by atoms with Crippen LogP contribution in [0.2, 0.25) is 0 Å². The molecule has 1 aliphatic rings. The molecular weight excluding hydrogens is 308 g/mol. The fourth-order valence-corrected chi connectivity index (χ4v) is 2.31. The highest BCUT2D eigenvalue weighted by Crippen LogP contribution is 2.39. The van der Waals surface area contributed by atoms with Gasteiger partial charge in [-0.15, -0.1) is 0 Å². The largest absolute Gasteiger partial charge is 0.493 e. The number of ether oxygens (including phenoxy) is 4. The van der Waals surface area contributed by atoms with E-state index in [0.717, 1.165) is 5.56 Å². The highest BCUT2D eigenvalue weighted by molar-refractivity contribution is 5.81. The summed E-state index contributed by atoms with van der Waals surface area (Å²) in [6.07, 6.45) is 1.47. The molecule has 2 aromatic rings. The van der Waals surface area contributed by atoms with Crippen LogP contribution in [0.1, 0.15) is 12.5 Å². The maximum atomic E-state index is 11.0. The zero-order valence-electron chi connectivity index (χ0n) is 13.4. The molecule has 0 saturated heterocycles. The predicted molar refractivity (Wildman–Crippen MR) is 89.1 cm³/mol. The van der Waals surface area contributed by atoms with Crippen LogP contribution in [0.3, 0.4) is 0 Å². The van der Waals surface area contributed by atoms with Gasteiger partial charge in [-0.25, -0.2) is 0 Å². The summed E-state index contributed by atoms with van der Waals surface area (Å²) in [5.41, 5.74) is 1.43. The molecule has 0 saturated carbocycles. The molecule has 1 aliphatic heterocycles. The molecule has 0 aliphatic carbocycles. The second kappa shape index (κ2) is 6.50. The minimum Gasteiger partial charge on any atom is -0.493 e. The van der Waals surface area contributed by atoms with Gasteiger partial charge >= 0.3 is 5.97 Å². The Morgan fingerprint density at radius 2 is 1.88 bits per heavy atom. The van der Waals surface area contributed by atoms with E-state index in [1.165, 1.54) is 13.2 Å². The topological polar surface area (TPSA) is 54.0 Å². The molecule has 0 radical (unpaired) electrons. The fourth-order valence-electron chi connectivity index (χ4n) is 2.31. The van der Waals surface area contributed by atoms with Gasteiger partial charge in [-0.1, -0.05) is 18.7 Å². The van der Waals surface area contributed by atoms with E-state index in [0.29, 0.717) is 34.3 Å². The van der Waals surface area contributed by atoms with E-state index in [-0.39, 0.29) is 5.97 Å². The van der Waals surface area contributed by atoms with Crippen molar-refractivity contribution < 1.29 is 23.7 Å². The smallest absolute Gasteiger partial charge is 0.308 e. The summed E-state index contributed by atoms with van der Waals surface area (Å²) in [5.74, 6) is 2.23. The molecule has 0 atom stereocenters. The van der Waals surface area contributed by atoms with Gasteiger partial charge in [-0.2, -0.15) is 0 Å². The van der Waals surface area contributed by atoms with Crippen molar-refractivity contribution in [3.63, 3.8) is 0 Å². The van der Waals surface area contributed by atoms with E-state index >= 15 is 0 Å². The summed E-state index contributed by atoms with van der Waals surface area (Å²) < 4.78 is 21.8. The summed E-state index contributed by atoms with van der Waals surface area (Å²) in [6.45, 7) is 5.40. The Kier molecular flexibility index (Phi) is 4.24. The summed E-state index contributed by atoms with van der Waals surface area (Å²) in [5, 5.41) is 0. The van der Waals surface area contributed by atoms with Crippen LogP contribution in [0.5, 0.6) is 23.0 Å². The first kappa shape index (κ1) is 15.7. The van der Waals surface area contributed by atoms with Crippen LogP contribution in [0.15, 0.2) is 61.1 Å². The van der Waals surface area contributed by atoms with Gasteiger partial charge in [-0.3, -0.25) is 4.79 Å². The predicted octanol–water partition coefficient (Wildman–Crippen LogP) is 3.95. The highest BCUT2D eigenvalue weighted by atomic mass is 16.5. The maximum absolute atomic E-state index is 11.0. The average molecular weight is 324 g/mol. The first-order valence-electron chi connectivity index (χ1n) is 7.28. The van der Waals surface area contributed by atoms with E-state index < -0.39 is 0 Å². The van der Waals surface area contributed by atoms with Gasteiger partial charge < -0.3 is 18.9 Å². The van der Waals surface area contributed by atoms with E-state index in [9.17, 15) is 4.79 Å². The zero-order chi connectivity index (χ0) is 17.1. The van der Waals surface area contributed by atoms with Gasteiger partial charge in [0.2, 0.25) is 0 Å². The first-order chi connectivity index (χ1) is 11.6. The number of methoxy groups -OCH3 is 1. The van der Waals surface area contributed by atoms with Crippen LogP contribution in [-0.4, -0.2) is 13.1 Å². The Morgan fingerprint density at radius 1 is 1.12 bits per heavy atom. The van der Waals surface area contributed by atoms with Crippen LogP contribution in [0.25, 0.3) is 5.57 Å². The maximum Gasteiger partial charge on any atom is 0.308 e. The quantitative estimate of drug-likeness (QED) is 0.630. The molecule has 5 nitrogen and oxygen atoms in total. The van der Waals surface area contributed by atoms with Crippen molar-refractivity contribution >= 4 is 11.5 Å². The van der Waals surface area contributed by atoms with Gasteiger partial charge in [0.25, 0.3) is 0 Å². The number of carbonyl (C=O) groups is 1. The molecule has 0 aromatic heterocycles. The SMILES string of the molecule is C=C1C(Oc2ccccc2OC)=COc2cc(OC(C)=O)ccc21. The van der Waals surface area contributed by atoms with Crippen LogP contribution < -0.4 is 18.9 Å². The monoisotopic (exact) mass is 324 g/mol. The van der Waals surface area contributed by atoms with Gasteiger partial charge in [0.15, 0.2) is 17.3 Å². The Bertz CT molecular complexity index is 835. The van der Waals surface area contributed by atoms with Crippen molar-refractivity contribution in [3.8, 4) is 23.0 Å². The van der Waals surface area contributed by atoms with Crippen molar-refractivity contribution in [3.05, 3.63) is 66.6 Å². The lowest BCUT2D eigenvalue weighted by molar-refractivity contribution is -0.131. The number of allylic oxidation sites excluding steroid dienone is 1. The Labute approximate surface area is 139 Å². The Hall–Kier alpha value is -3.21. The summed E-state index contributed by atoms with van der Waals surface area (Å²) in [7, 11) is 1.58. The molecule has 122 valence electrons.